The maximum atomic E-state index is 12.4. The third-order valence-electron chi connectivity index (χ3n) is 4.90. The highest BCUT2D eigenvalue weighted by Gasteiger charge is 2.32. The second-order valence-corrected chi connectivity index (χ2v) is 6.91. The Kier molecular flexibility index (Phi) is 7.72. The van der Waals surface area contributed by atoms with E-state index >= 15 is 0 Å². The van der Waals surface area contributed by atoms with Gasteiger partial charge < -0.3 is 14.8 Å². The SMILES string of the molecule is CCCC(C)(OC)C(=O)Nc1ccc(OCCN2CCCCC2)cc1. The minimum absolute atomic E-state index is 0.115. The molecule has 0 bridgehead atoms. The number of piperidine rings is 1. The lowest BCUT2D eigenvalue weighted by Crippen LogP contribution is -2.41. The number of hydrogen-bond acceptors (Lipinski definition) is 4. The molecule has 1 fully saturated rings. The number of likely N-dealkylation sites (tertiary alicyclic amines) is 1. The van der Waals surface area contributed by atoms with Gasteiger partial charge in [0.2, 0.25) is 0 Å². The fourth-order valence-corrected chi connectivity index (χ4v) is 3.16. The zero-order valence-electron chi connectivity index (χ0n) is 15.8. The highest BCUT2D eigenvalue weighted by Crippen LogP contribution is 2.21. The molecule has 1 aromatic rings. The van der Waals surface area contributed by atoms with Gasteiger partial charge >= 0.3 is 0 Å². The molecule has 1 N–H and O–H groups in total. The van der Waals surface area contributed by atoms with Gasteiger partial charge in [0.15, 0.2) is 0 Å². The lowest BCUT2D eigenvalue weighted by atomic mass is 9.99. The van der Waals surface area contributed by atoms with E-state index in [2.05, 4.69) is 10.2 Å². The maximum absolute atomic E-state index is 12.4. The van der Waals surface area contributed by atoms with E-state index in [-0.39, 0.29) is 5.91 Å². The molecule has 5 nitrogen and oxygen atoms in total. The van der Waals surface area contributed by atoms with Crippen molar-refractivity contribution in [2.45, 2.75) is 51.6 Å². The van der Waals surface area contributed by atoms with Gasteiger partial charge in [-0.1, -0.05) is 19.8 Å². The van der Waals surface area contributed by atoms with E-state index in [1.165, 1.54) is 32.4 Å². The van der Waals surface area contributed by atoms with Crippen LogP contribution in [0.15, 0.2) is 24.3 Å². The zero-order valence-corrected chi connectivity index (χ0v) is 15.8. The molecule has 1 atom stereocenters. The molecule has 140 valence electrons. The summed E-state index contributed by atoms with van der Waals surface area (Å²) >= 11 is 0. The summed E-state index contributed by atoms with van der Waals surface area (Å²) in [5.74, 6) is 0.716. The van der Waals surface area contributed by atoms with E-state index in [1.54, 1.807) is 7.11 Å². The fraction of sp³-hybridized carbons (Fsp3) is 0.650. The molecule has 0 saturated carbocycles. The number of carbonyl (C=O) groups is 1. The average Bonchev–Trinajstić information content (AvgIpc) is 2.64. The Hall–Kier alpha value is -1.59. The molecule has 1 saturated heterocycles. The molecule has 1 aliphatic rings. The maximum Gasteiger partial charge on any atom is 0.256 e. The zero-order chi connectivity index (χ0) is 18.1. The number of ether oxygens (including phenoxy) is 2. The lowest BCUT2D eigenvalue weighted by Gasteiger charge is -2.26. The van der Waals surface area contributed by atoms with Gasteiger partial charge in [-0.3, -0.25) is 9.69 Å². The van der Waals surface area contributed by atoms with Crippen molar-refractivity contribution in [3.8, 4) is 5.75 Å². The number of nitrogens with one attached hydrogen (secondary N) is 1. The third kappa shape index (κ3) is 6.01. The Morgan fingerprint density at radius 2 is 1.88 bits per heavy atom. The second kappa shape index (κ2) is 9.78. The number of amides is 1. The third-order valence-corrected chi connectivity index (χ3v) is 4.90. The van der Waals surface area contributed by atoms with Crippen LogP contribution in [0.1, 0.15) is 46.0 Å². The van der Waals surface area contributed by atoms with Crippen LogP contribution in [0.25, 0.3) is 0 Å². The molecule has 1 heterocycles. The molecule has 0 spiro atoms. The Bertz CT molecular complexity index is 526. The minimum atomic E-state index is -0.793. The smallest absolute Gasteiger partial charge is 0.256 e. The Morgan fingerprint density at radius 1 is 1.20 bits per heavy atom. The molecule has 25 heavy (non-hydrogen) atoms. The van der Waals surface area contributed by atoms with Gasteiger partial charge in [0.25, 0.3) is 5.91 Å². The van der Waals surface area contributed by atoms with Crippen LogP contribution in [0.5, 0.6) is 5.75 Å². The first-order valence-corrected chi connectivity index (χ1v) is 9.39. The Labute approximate surface area is 151 Å². The van der Waals surface area contributed by atoms with Gasteiger partial charge in [0, 0.05) is 19.3 Å². The van der Waals surface area contributed by atoms with Crippen molar-refractivity contribution in [3.63, 3.8) is 0 Å². The molecular weight excluding hydrogens is 316 g/mol. The van der Waals surface area contributed by atoms with Gasteiger partial charge in [-0.15, -0.1) is 0 Å². The summed E-state index contributed by atoms with van der Waals surface area (Å²) in [6.07, 6.45) is 5.53. The van der Waals surface area contributed by atoms with Gasteiger partial charge in [-0.05, 0) is 63.5 Å². The molecule has 0 aliphatic carbocycles. The summed E-state index contributed by atoms with van der Waals surface area (Å²) < 4.78 is 11.2. The molecule has 0 aromatic heterocycles. The van der Waals surface area contributed by atoms with Crippen molar-refractivity contribution < 1.29 is 14.3 Å². The molecule has 1 unspecified atom stereocenters. The van der Waals surface area contributed by atoms with Crippen molar-refractivity contribution in [1.82, 2.24) is 4.90 Å². The van der Waals surface area contributed by atoms with Crippen molar-refractivity contribution in [2.24, 2.45) is 0 Å². The number of hydrogen-bond donors (Lipinski definition) is 1. The average molecular weight is 348 g/mol. The van der Waals surface area contributed by atoms with Crippen LogP contribution in [0, 0.1) is 0 Å². The highest BCUT2D eigenvalue weighted by atomic mass is 16.5. The van der Waals surface area contributed by atoms with E-state index < -0.39 is 5.60 Å². The molecule has 1 amide bonds. The summed E-state index contributed by atoms with van der Waals surface area (Å²) in [5.41, 5.74) is -0.0361. The summed E-state index contributed by atoms with van der Waals surface area (Å²) in [5, 5.41) is 2.93. The van der Waals surface area contributed by atoms with Crippen molar-refractivity contribution in [2.75, 3.05) is 38.7 Å². The van der Waals surface area contributed by atoms with Gasteiger partial charge in [0.05, 0.1) is 0 Å². The van der Waals surface area contributed by atoms with E-state index in [0.29, 0.717) is 13.0 Å². The molecule has 1 aromatic carbocycles. The number of methoxy groups -OCH3 is 1. The van der Waals surface area contributed by atoms with E-state index in [4.69, 9.17) is 9.47 Å². The van der Waals surface area contributed by atoms with Crippen molar-refractivity contribution in [1.29, 1.82) is 0 Å². The summed E-state index contributed by atoms with van der Waals surface area (Å²) in [4.78, 5) is 14.9. The predicted octanol–water partition coefficient (Wildman–Crippen LogP) is 3.70. The fourth-order valence-electron chi connectivity index (χ4n) is 3.16. The van der Waals surface area contributed by atoms with Gasteiger partial charge in [-0.2, -0.15) is 0 Å². The lowest BCUT2D eigenvalue weighted by molar-refractivity contribution is -0.136. The Balaban J connectivity index is 1.79. The number of benzene rings is 1. The molecule has 2 rings (SSSR count). The van der Waals surface area contributed by atoms with Crippen LogP contribution < -0.4 is 10.1 Å². The summed E-state index contributed by atoms with van der Waals surface area (Å²) in [6.45, 7) is 7.91. The van der Waals surface area contributed by atoms with Crippen LogP contribution in [0.4, 0.5) is 5.69 Å². The number of anilines is 1. The first-order chi connectivity index (χ1) is 12.1. The summed E-state index contributed by atoms with van der Waals surface area (Å²) in [7, 11) is 1.58. The molecule has 5 heteroatoms. The normalized spacial score (nSPS) is 17.7. The van der Waals surface area contributed by atoms with E-state index in [1.807, 2.05) is 38.1 Å². The van der Waals surface area contributed by atoms with Gasteiger partial charge in [0.1, 0.15) is 18.0 Å². The van der Waals surface area contributed by atoms with Crippen LogP contribution in [-0.2, 0) is 9.53 Å². The number of nitrogens with zero attached hydrogens (tertiary/aromatic N) is 1. The van der Waals surface area contributed by atoms with Crippen LogP contribution in [-0.4, -0.2) is 49.8 Å². The van der Waals surface area contributed by atoms with Crippen LogP contribution >= 0.6 is 0 Å². The second-order valence-electron chi connectivity index (χ2n) is 6.91. The molecular formula is C20H32N2O3. The molecule has 1 aliphatic heterocycles. The van der Waals surface area contributed by atoms with E-state index in [0.717, 1.165) is 24.4 Å². The largest absolute Gasteiger partial charge is 0.492 e. The number of rotatable bonds is 9. The van der Waals surface area contributed by atoms with Crippen molar-refractivity contribution in [3.05, 3.63) is 24.3 Å². The number of carbonyl (C=O) groups excluding carboxylic acids is 1. The highest BCUT2D eigenvalue weighted by molar-refractivity contribution is 5.97. The minimum Gasteiger partial charge on any atom is -0.492 e. The first kappa shape index (κ1) is 19.7. The quantitative estimate of drug-likeness (QED) is 0.739. The monoisotopic (exact) mass is 348 g/mol. The van der Waals surface area contributed by atoms with Gasteiger partial charge in [-0.25, -0.2) is 0 Å². The Morgan fingerprint density at radius 3 is 2.48 bits per heavy atom. The van der Waals surface area contributed by atoms with E-state index in [9.17, 15) is 4.79 Å². The first-order valence-electron chi connectivity index (χ1n) is 9.39. The predicted molar refractivity (Wildman–Crippen MR) is 101 cm³/mol. The summed E-state index contributed by atoms with van der Waals surface area (Å²) in [6, 6.07) is 7.54. The topological polar surface area (TPSA) is 50.8 Å². The van der Waals surface area contributed by atoms with Crippen LogP contribution in [0.3, 0.4) is 0 Å². The standard InChI is InChI=1S/C20H32N2O3/c1-4-12-20(2,24-3)19(23)21-17-8-10-18(11-9-17)25-16-15-22-13-6-5-7-14-22/h8-11H,4-7,12-16H2,1-3H3,(H,21,23). The van der Waals surface area contributed by atoms with Crippen LogP contribution in [0.2, 0.25) is 0 Å². The molecule has 0 radical (unpaired) electrons. The van der Waals surface area contributed by atoms with Crippen molar-refractivity contribution >= 4 is 11.6 Å².